The second kappa shape index (κ2) is 8.39. The van der Waals surface area contributed by atoms with Gasteiger partial charge in [-0.2, -0.15) is 0 Å². The molecular weight excluding hydrogens is 321 g/mol. The minimum atomic E-state index is -0.391. The van der Waals surface area contributed by atoms with Crippen LogP contribution in [-0.2, 0) is 13.2 Å². The molecule has 0 unspecified atom stereocenters. The molecule has 0 radical (unpaired) electrons. The van der Waals surface area contributed by atoms with E-state index in [1.807, 2.05) is 36.4 Å². The number of ether oxygens (including phenoxy) is 1. The van der Waals surface area contributed by atoms with Gasteiger partial charge in [0.05, 0.1) is 6.10 Å². The van der Waals surface area contributed by atoms with Gasteiger partial charge in [0.2, 0.25) is 0 Å². The lowest BCUT2D eigenvalue weighted by Gasteiger charge is -2.13. The number of nitrogens with one attached hydrogen (secondary N) is 1. The summed E-state index contributed by atoms with van der Waals surface area (Å²) in [5.41, 5.74) is 2.00. The molecule has 0 heterocycles. The van der Waals surface area contributed by atoms with Gasteiger partial charge in [0.15, 0.2) is 0 Å². The second-order valence-corrected chi connectivity index (χ2v) is 6.02. The Labute approximate surface area is 140 Å². The first kappa shape index (κ1) is 17.1. The lowest BCUT2D eigenvalue weighted by molar-refractivity contribution is 0.190. The summed E-state index contributed by atoms with van der Waals surface area (Å²) in [6.07, 6.45) is -0.391. The zero-order chi connectivity index (χ0) is 15.9. The predicted octanol–water partition coefficient (Wildman–Crippen LogP) is 4.04. The average molecular weight is 340 g/mol. The molecule has 5 heteroatoms. The van der Waals surface area contributed by atoms with Crippen molar-refractivity contribution in [2.75, 3.05) is 6.54 Å². The Morgan fingerprint density at radius 2 is 1.77 bits per heavy atom. The van der Waals surface area contributed by atoms with E-state index in [-0.39, 0.29) is 0 Å². The predicted molar refractivity (Wildman–Crippen MR) is 90.6 cm³/mol. The van der Waals surface area contributed by atoms with Gasteiger partial charge < -0.3 is 15.2 Å². The molecule has 0 aromatic heterocycles. The molecule has 0 fully saturated rings. The van der Waals surface area contributed by atoms with Crippen LogP contribution < -0.4 is 10.1 Å². The van der Waals surface area contributed by atoms with Crippen molar-refractivity contribution in [3.05, 3.63) is 63.6 Å². The van der Waals surface area contributed by atoms with Crippen molar-refractivity contribution in [1.82, 2.24) is 5.32 Å². The Morgan fingerprint density at radius 1 is 1.09 bits per heavy atom. The molecule has 118 valence electrons. The SMILES string of the molecule is C[C@@H](O)CNCc1cc(Cl)ccc1OCc1ccc(Cl)cc1. The van der Waals surface area contributed by atoms with Crippen molar-refractivity contribution in [2.45, 2.75) is 26.2 Å². The van der Waals surface area contributed by atoms with Gasteiger partial charge >= 0.3 is 0 Å². The first-order valence-corrected chi connectivity index (χ1v) is 7.84. The highest BCUT2D eigenvalue weighted by atomic mass is 35.5. The van der Waals surface area contributed by atoms with Gasteiger partial charge in [-0.25, -0.2) is 0 Å². The van der Waals surface area contributed by atoms with E-state index in [1.54, 1.807) is 13.0 Å². The van der Waals surface area contributed by atoms with Gasteiger partial charge in [-0.15, -0.1) is 0 Å². The van der Waals surface area contributed by atoms with Crippen LogP contribution in [0.15, 0.2) is 42.5 Å². The van der Waals surface area contributed by atoms with Gasteiger partial charge in [-0.3, -0.25) is 0 Å². The molecule has 2 aromatic rings. The largest absolute Gasteiger partial charge is 0.489 e. The number of benzene rings is 2. The van der Waals surface area contributed by atoms with Gasteiger partial charge in [0.25, 0.3) is 0 Å². The van der Waals surface area contributed by atoms with Gasteiger partial charge in [0.1, 0.15) is 12.4 Å². The molecule has 0 aliphatic heterocycles. The summed E-state index contributed by atoms with van der Waals surface area (Å²) in [6.45, 7) is 3.30. The maximum atomic E-state index is 9.30. The van der Waals surface area contributed by atoms with Crippen LogP contribution in [0.3, 0.4) is 0 Å². The van der Waals surface area contributed by atoms with Crippen molar-refractivity contribution < 1.29 is 9.84 Å². The molecule has 2 rings (SSSR count). The quantitative estimate of drug-likeness (QED) is 0.799. The van der Waals surface area contributed by atoms with Crippen molar-refractivity contribution in [1.29, 1.82) is 0 Å². The van der Waals surface area contributed by atoms with Gasteiger partial charge in [0, 0.05) is 28.7 Å². The molecule has 0 aliphatic carbocycles. The van der Waals surface area contributed by atoms with E-state index in [0.29, 0.717) is 29.7 Å². The molecule has 0 aliphatic rings. The minimum Gasteiger partial charge on any atom is -0.489 e. The van der Waals surface area contributed by atoms with E-state index in [0.717, 1.165) is 16.9 Å². The first-order chi connectivity index (χ1) is 10.5. The molecule has 1 atom stereocenters. The summed E-state index contributed by atoms with van der Waals surface area (Å²) in [5, 5.41) is 13.8. The van der Waals surface area contributed by atoms with E-state index in [9.17, 15) is 5.11 Å². The molecule has 0 saturated heterocycles. The highest BCUT2D eigenvalue weighted by Gasteiger charge is 2.06. The fourth-order valence-electron chi connectivity index (χ4n) is 1.98. The van der Waals surface area contributed by atoms with Crippen LogP contribution in [0.25, 0.3) is 0 Å². The van der Waals surface area contributed by atoms with E-state index < -0.39 is 6.10 Å². The van der Waals surface area contributed by atoms with E-state index in [2.05, 4.69) is 5.32 Å². The highest BCUT2D eigenvalue weighted by Crippen LogP contribution is 2.24. The lowest BCUT2D eigenvalue weighted by Crippen LogP contribution is -2.24. The van der Waals surface area contributed by atoms with Crippen LogP contribution in [0.2, 0.25) is 10.0 Å². The number of rotatable bonds is 7. The molecule has 3 nitrogen and oxygen atoms in total. The Hall–Kier alpha value is -1.26. The van der Waals surface area contributed by atoms with Crippen LogP contribution in [0.5, 0.6) is 5.75 Å². The number of hydrogen-bond donors (Lipinski definition) is 2. The van der Waals surface area contributed by atoms with Crippen LogP contribution in [0, 0.1) is 0 Å². The molecule has 2 aromatic carbocycles. The summed E-state index contributed by atoms with van der Waals surface area (Å²) >= 11 is 11.9. The third-order valence-electron chi connectivity index (χ3n) is 3.09. The highest BCUT2D eigenvalue weighted by molar-refractivity contribution is 6.30. The van der Waals surface area contributed by atoms with Crippen molar-refractivity contribution >= 4 is 23.2 Å². The van der Waals surface area contributed by atoms with E-state index >= 15 is 0 Å². The molecular formula is C17H19Cl2NO2. The summed E-state index contributed by atoms with van der Waals surface area (Å²) in [7, 11) is 0. The molecule has 22 heavy (non-hydrogen) atoms. The van der Waals surface area contributed by atoms with Crippen LogP contribution in [0.1, 0.15) is 18.1 Å². The molecule has 2 N–H and O–H groups in total. The van der Waals surface area contributed by atoms with Crippen molar-refractivity contribution in [3.8, 4) is 5.75 Å². The summed E-state index contributed by atoms with van der Waals surface area (Å²) in [6, 6.07) is 13.1. The normalized spacial score (nSPS) is 12.2. The second-order valence-electron chi connectivity index (χ2n) is 5.15. The smallest absolute Gasteiger partial charge is 0.124 e. The number of hydrogen-bond acceptors (Lipinski definition) is 3. The van der Waals surface area contributed by atoms with Crippen molar-refractivity contribution in [2.24, 2.45) is 0 Å². The van der Waals surface area contributed by atoms with Crippen LogP contribution >= 0.6 is 23.2 Å². The zero-order valence-corrected chi connectivity index (χ0v) is 13.9. The molecule has 0 amide bonds. The third kappa shape index (κ3) is 5.50. The average Bonchev–Trinajstić information content (AvgIpc) is 2.48. The molecule has 0 saturated carbocycles. The fourth-order valence-corrected chi connectivity index (χ4v) is 2.31. The van der Waals surface area contributed by atoms with Gasteiger partial charge in [-0.1, -0.05) is 35.3 Å². The van der Waals surface area contributed by atoms with Gasteiger partial charge in [-0.05, 0) is 42.8 Å². The maximum absolute atomic E-state index is 9.30. The Morgan fingerprint density at radius 3 is 2.45 bits per heavy atom. The monoisotopic (exact) mass is 339 g/mol. The Bertz CT molecular complexity index is 600. The van der Waals surface area contributed by atoms with Crippen LogP contribution in [0.4, 0.5) is 0 Å². The third-order valence-corrected chi connectivity index (χ3v) is 3.57. The topological polar surface area (TPSA) is 41.5 Å². The summed E-state index contributed by atoms with van der Waals surface area (Å²) < 4.78 is 5.87. The minimum absolute atomic E-state index is 0.391. The van der Waals surface area contributed by atoms with Crippen molar-refractivity contribution in [3.63, 3.8) is 0 Å². The van der Waals surface area contributed by atoms with Crippen LogP contribution in [-0.4, -0.2) is 17.8 Å². The number of halogens is 2. The standard InChI is InChI=1S/C17H19Cl2NO2/c1-12(21)9-20-10-14-8-16(19)6-7-17(14)22-11-13-2-4-15(18)5-3-13/h2-8,12,20-21H,9-11H2,1H3/t12-/m1/s1. The number of aliphatic hydroxyl groups is 1. The zero-order valence-electron chi connectivity index (χ0n) is 12.4. The summed E-state index contributed by atoms with van der Waals surface area (Å²) in [4.78, 5) is 0. The van der Waals surface area contributed by atoms with E-state index in [4.69, 9.17) is 27.9 Å². The summed E-state index contributed by atoms with van der Waals surface area (Å²) in [5.74, 6) is 0.775. The lowest BCUT2D eigenvalue weighted by atomic mass is 10.2. The van der Waals surface area contributed by atoms with E-state index in [1.165, 1.54) is 0 Å². The Kier molecular flexibility index (Phi) is 6.52. The fraction of sp³-hybridized carbons (Fsp3) is 0.294. The maximum Gasteiger partial charge on any atom is 0.124 e. The molecule has 0 spiro atoms. The Balaban J connectivity index is 2.01. The molecule has 0 bridgehead atoms. The number of aliphatic hydroxyl groups excluding tert-OH is 1. The first-order valence-electron chi connectivity index (χ1n) is 7.09.